The highest BCUT2D eigenvalue weighted by Crippen LogP contribution is 2.34. The number of nitrogens with zero attached hydrogens (tertiary/aromatic N) is 1. The Hall–Kier alpha value is -1.83. The van der Waals surface area contributed by atoms with Crippen LogP contribution in [-0.4, -0.2) is 45.3 Å². The number of aliphatic hydroxyl groups is 2. The van der Waals surface area contributed by atoms with E-state index < -0.39 is 35.6 Å². The maximum absolute atomic E-state index is 13.3. The van der Waals surface area contributed by atoms with Gasteiger partial charge in [0.1, 0.15) is 11.9 Å². The summed E-state index contributed by atoms with van der Waals surface area (Å²) < 4.78 is 5.83. The molecule has 2 rings (SSSR count). The number of esters is 1. The zero-order chi connectivity index (χ0) is 26.5. The van der Waals surface area contributed by atoms with Gasteiger partial charge in [-0.15, -0.1) is 11.3 Å². The molecule has 35 heavy (non-hydrogen) atoms. The number of ether oxygens (including phenoxy) is 1. The summed E-state index contributed by atoms with van der Waals surface area (Å²) >= 11 is 1.56. The number of Topliss-reactive ketones (excluding diaryl/α,β-unsaturated/α-hetero) is 1. The Morgan fingerprint density at radius 3 is 2.46 bits per heavy atom. The number of rotatable bonds is 2. The van der Waals surface area contributed by atoms with Crippen LogP contribution >= 0.6 is 11.3 Å². The molecule has 0 radical (unpaired) electrons. The fourth-order valence-corrected chi connectivity index (χ4v) is 5.12. The molecule has 6 atom stereocenters. The van der Waals surface area contributed by atoms with E-state index in [0.29, 0.717) is 6.42 Å². The zero-order valence-corrected chi connectivity index (χ0v) is 23.3. The van der Waals surface area contributed by atoms with Gasteiger partial charge in [0.15, 0.2) is 0 Å². The fourth-order valence-electron chi connectivity index (χ4n) is 4.55. The van der Waals surface area contributed by atoms with Gasteiger partial charge >= 0.3 is 5.97 Å². The van der Waals surface area contributed by atoms with Crippen molar-refractivity contribution in [3.8, 4) is 0 Å². The lowest BCUT2D eigenvalue weighted by atomic mass is 9.71. The molecule has 2 N–H and O–H groups in total. The minimum atomic E-state index is -1.22. The Morgan fingerprint density at radius 2 is 1.86 bits per heavy atom. The fraction of sp³-hybridized carbons (Fsp3) is 0.679. The number of allylic oxidation sites excluding steroid dienone is 1. The number of thiazole rings is 1. The smallest absolute Gasteiger partial charge is 0.309 e. The number of aliphatic hydroxyl groups excluding tert-OH is 2. The number of cyclic esters (lactones) is 1. The molecule has 0 spiro atoms. The van der Waals surface area contributed by atoms with Gasteiger partial charge in [-0.2, -0.15) is 0 Å². The van der Waals surface area contributed by atoms with Gasteiger partial charge in [0.2, 0.25) is 0 Å². The lowest BCUT2D eigenvalue weighted by Gasteiger charge is -2.35. The molecular formula is C28H43NO5S. The van der Waals surface area contributed by atoms with Crippen LogP contribution in [0.2, 0.25) is 0 Å². The topological polar surface area (TPSA) is 96.7 Å². The molecule has 0 fully saturated rings. The van der Waals surface area contributed by atoms with Gasteiger partial charge in [0, 0.05) is 17.7 Å². The number of carbonyl (C=O) groups is 2. The quantitative estimate of drug-likeness (QED) is 0.406. The van der Waals surface area contributed by atoms with Crippen molar-refractivity contribution in [2.45, 2.75) is 99.4 Å². The number of carbonyl (C=O) groups excluding carboxylic acids is 2. The first-order chi connectivity index (χ1) is 16.2. The molecule has 0 saturated heterocycles. The number of ketones is 1. The number of aryl methyl sites for hydroxylation is 1. The summed E-state index contributed by atoms with van der Waals surface area (Å²) in [4.78, 5) is 30.6. The van der Waals surface area contributed by atoms with Crippen LogP contribution in [0.4, 0.5) is 0 Å². The highest BCUT2D eigenvalue weighted by molar-refractivity contribution is 7.09. The van der Waals surface area contributed by atoms with Crippen molar-refractivity contribution in [1.29, 1.82) is 0 Å². The van der Waals surface area contributed by atoms with Gasteiger partial charge in [-0.3, -0.25) is 9.59 Å². The van der Waals surface area contributed by atoms with E-state index in [2.05, 4.69) is 24.9 Å². The monoisotopic (exact) mass is 505 g/mol. The lowest BCUT2D eigenvalue weighted by Crippen LogP contribution is -2.46. The van der Waals surface area contributed by atoms with Gasteiger partial charge in [-0.25, -0.2) is 4.98 Å². The number of hydrogen-bond donors (Lipinski definition) is 2. The molecule has 0 aliphatic carbocycles. The van der Waals surface area contributed by atoms with E-state index in [1.165, 1.54) is 5.57 Å². The zero-order valence-electron chi connectivity index (χ0n) is 22.5. The molecule has 7 heteroatoms. The van der Waals surface area contributed by atoms with Crippen molar-refractivity contribution in [2.75, 3.05) is 0 Å². The first-order valence-electron chi connectivity index (χ1n) is 12.6. The maximum atomic E-state index is 13.3. The van der Waals surface area contributed by atoms with Crippen LogP contribution in [0.25, 0.3) is 6.08 Å². The molecule has 0 amide bonds. The predicted molar refractivity (Wildman–Crippen MR) is 141 cm³/mol. The molecule has 1 aromatic heterocycles. The normalized spacial score (nSPS) is 33.7. The van der Waals surface area contributed by atoms with Crippen molar-refractivity contribution in [2.24, 2.45) is 23.2 Å². The Kier molecular flexibility index (Phi) is 10.4. The van der Waals surface area contributed by atoms with E-state index >= 15 is 0 Å². The highest BCUT2D eigenvalue weighted by Gasteiger charge is 2.42. The Labute approximate surface area is 214 Å². The molecular weight excluding hydrogens is 462 g/mol. The minimum absolute atomic E-state index is 0.0768. The molecule has 2 heterocycles. The van der Waals surface area contributed by atoms with Crippen molar-refractivity contribution in [3.63, 3.8) is 0 Å². The average molecular weight is 506 g/mol. The van der Waals surface area contributed by atoms with Crippen LogP contribution in [0.15, 0.2) is 22.6 Å². The molecule has 0 unspecified atom stereocenters. The second kappa shape index (κ2) is 12.4. The van der Waals surface area contributed by atoms with Crippen LogP contribution in [-0.2, 0) is 14.3 Å². The van der Waals surface area contributed by atoms with E-state index in [1.807, 2.05) is 32.2 Å². The molecule has 1 aromatic rings. The van der Waals surface area contributed by atoms with Crippen molar-refractivity contribution in [1.82, 2.24) is 4.98 Å². The number of hydrogen-bond acceptors (Lipinski definition) is 7. The first kappa shape index (κ1) is 29.4. The number of aromatic nitrogens is 1. The second-order valence-corrected chi connectivity index (χ2v) is 12.0. The van der Waals surface area contributed by atoms with Crippen LogP contribution in [0.3, 0.4) is 0 Å². The summed E-state index contributed by atoms with van der Waals surface area (Å²) in [5, 5.41) is 24.7. The third-order valence-electron chi connectivity index (χ3n) is 7.66. The minimum Gasteiger partial charge on any atom is -0.457 e. The van der Waals surface area contributed by atoms with Crippen LogP contribution < -0.4 is 0 Å². The van der Waals surface area contributed by atoms with Gasteiger partial charge in [0.25, 0.3) is 0 Å². The largest absolute Gasteiger partial charge is 0.457 e. The van der Waals surface area contributed by atoms with Crippen molar-refractivity contribution < 1.29 is 24.5 Å². The van der Waals surface area contributed by atoms with E-state index in [1.54, 1.807) is 32.1 Å². The lowest BCUT2D eigenvalue weighted by molar-refractivity contribution is -0.154. The Bertz CT molecular complexity index is 947. The molecule has 1 aliphatic rings. The standard InChI is InChI=1S/C28H43NO5S/c1-16-9-11-17(2)19(4)26(32)20(5)27(33)28(7,8)24(30)14-25(31)34-23(12-10-16)18(3)13-22-15-35-21(6)29-22/h10,13,15,17,19-20,23-24,26,30,32H,9,11-12,14H2,1-8H3/b16-10+,18-13+/t17-,19-,20+,23-,24-,26-/m0/s1. The summed E-state index contributed by atoms with van der Waals surface area (Å²) in [5.74, 6) is -1.32. The maximum Gasteiger partial charge on any atom is 0.309 e. The Morgan fingerprint density at radius 1 is 1.20 bits per heavy atom. The second-order valence-electron chi connectivity index (χ2n) is 10.9. The highest BCUT2D eigenvalue weighted by atomic mass is 32.1. The predicted octanol–water partition coefficient (Wildman–Crippen LogP) is 5.51. The van der Waals surface area contributed by atoms with E-state index in [9.17, 15) is 19.8 Å². The van der Waals surface area contributed by atoms with Gasteiger partial charge in [0.05, 0.1) is 34.7 Å². The molecule has 196 valence electrons. The molecule has 0 aromatic carbocycles. The Balaban J connectivity index is 2.37. The molecule has 1 aliphatic heterocycles. The van der Waals surface area contributed by atoms with Gasteiger partial charge in [-0.05, 0) is 57.1 Å². The van der Waals surface area contributed by atoms with Crippen molar-refractivity contribution >= 4 is 29.2 Å². The van der Waals surface area contributed by atoms with Crippen LogP contribution in [0.1, 0.15) is 84.9 Å². The summed E-state index contributed by atoms with van der Waals surface area (Å²) in [6, 6.07) is 0. The summed E-state index contributed by atoms with van der Waals surface area (Å²) in [7, 11) is 0. The summed E-state index contributed by atoms with van der Waals surface area (Å²) in [6.07, 6.45) is 3.47. The van der Waals surface area contributed by atoms with E-state index in [0.717, 1.165) is 29.1 Å². The first-order valence-corrected chi connectivity index (χ1v) is 13.5. The SMILES string of the molecule is C/C1=C\C[C@@H](/C(C)=C/c2csc(C)n2)OC(=O)C[C@H](O)C(C)(C)C(=O)[C@H](C)[C@@H](O)[C@@H](C)[C@@H](C)CC1. The summed E-state index contributed by atoms with van der Waals surface area (Å²) in [6.45, 7) is 15.0. The van der Waals surface area contributed by atoms with Gasteiger partial charge in [-0.1, -0.05) is 46.3 Å². The van der Waals surface area contributed by atoms with E-state index in [-0.39, 0.29) is 24.0 Å². The van der Waals surface area contributed by atoms with Crippen LogP contribution in [0.5, 0.6) is 0 Å². The summed E-state index contributed by atoms with van der Waals surface area (Å²) in [5.41, 5.74) is 1.69. The molecule has 0 bridgehead atoms. The third-order valence-corrected chi connectivity index (χ3v) is 8.45. The van der Waals surface area contributed by atoms with Gasteiger partial charge < -0.3 is 14.9 Å². The molecule has 6 nitrogen and oxygen atoms in total. The van der Waals surface area contributed by atoms with Crippen LogP contribution in [0, 0.1) is 30.1 Å². The van der Waals surface area contributed by atoms with E-state index in [4.69, 9.17) is 4.74 Å². The van der Waals surface area contributed by atoms with Crippen molar-refractivity contribution in [3.05, 3.63) is 33.3 Å². The third kappa shape index (κ3) is 7.83. The average Bonchev–Trinajstić information content (AvgIpc) is 3.21. The molecule has 0 saturated carbocycles.